The normalized spacial score (nSPS) is 10.2. The maximum Gasteiger partial charge on any atom is 0.269 e. The van der Waals surface area contributed by atoms with Gasteiger partial charge in [0, 0.05) is 42.5 Å². The first kappa shape index (κ1) is 15.4. The number of benzene rings is 1. The third-order valence-corrected chi connectivity index (χ3v) is 3.05. The van der Waals surface area contributed by atoms with E-state index in [4.69, 9.17) is 0 Å². The van der Waals surface area contributed by atoms with E-state index in [0.717, 1.165) is 0 Å². The van der Waals surface area contributed by atoms with Crippen molar-refractivity contribution in [3.63, 3.8) is 0 Å². The van der Waals surface area contributed by atoms with Gasteiger partial charge in [0.05, 0.1) is 11.3 Å². The van der Waals surface area contributed by atoms with Crippen LogP contribution < -0.4 is 10.9 Å². The summed E-state index contributed by atoms with van der Waals surface area (Å²) in [4.78, 5) is 37.6. The highest BCUT2D eigenvalue weighted by Crippen LogP contribution is 2.11. The maximum absolute atomic E-state index is 11.9. The van der Waals surface area contributed by atoms with Gasteiger partial charge in [-0.3, -0.25) is 24.3 Å². The molecule has 0 spiro atoms. The zero-order chi connectivity index (χ0) is 16.1. The molecule has 0 bridgehead atoms. The topological polar surface area (TPSA) is 107 Å². The molecule has 1 N–H and O–H groups in total. The van der Waals surface area contributed by atoms with Gasteiger partial charge in [-0.2, -0.15) is 0 Å². The van der Waals surface area contributed by atoms with Crippen LogP contribution in [0, 0.1) is 17.0 Å². The molecule has 1 aromatic heterocycles. The minimum atomic E-state index is -0.529. The summed E-state index contributed by atoms with van der Waals surface area (Å²) in [6.07, 6.45) is 2.89. The molecular formula is C14H14N4O4. The van der Waals surface area contributed by atoms with E-state index < -0.39 is 4.92 Å². The van der Waals surface area contributed by atoms with Gasteiger partial charge in [-0.15, -0.1) is 0 Å². The second kappa shape index (κ2) is 6.61. The Balaban J connectivity index is 1.94. The molecule has 0 atom stereocenters. The van der Waals surface area contributed by atoms with Gasteiger partial charge in [0.2, 0.25) is 0 Å². The predicted octanol–water partition coefficient (Wildman–Crippen LogP) is 0.890. The zero-order valence-electron chi connectivity index (χ0n) is 11.9. The number of hydrogen-bond donors (Lipinski definition) is 1. The maximum atomic E-state index is 11.9. The molecule has 0 saturated heterocycles. The van der Waals surface area contributed by atoms with Gasteiger partial charge in [0.1, 0.15) is 0 Å². The highest BCUT2D eigenvalue weighted by molar-refractivity contribution is 5.94. The van der Waals surface area contributed by atoms with E-state index >= 15 is 0 Å². The number of nitrogens with one attached hydrogen (secondary N) is 1. The third kappa shape index (κ3) is 3.54. The molecule has 0 unspecified atom stereocenters. The standard InChI is InChI=1S/C14H14N4O4/c1-10-8-15-9-17(14(10)20)7-6-16-13(19)11-2-4-12(5-3-11)18(21)22/h2-5,8-9H,6-7H2,1H3,(H,16,19). The molecule has 8 nitrogen and oxygen atoms in total. The fourth-order valence-corrected chi connectivity index (χ4v) is 1.85. The van der Waals surface area contributed by atoms with Gasteiger partial charge in [-0.1, -0.05) is 0 Å². The van der Waals surface area contributed by atoms with E-state index in [1.54, 1.807) is 6.92 Å². The Morgan fingerprint density at radius 1 is 1.36 bits per heavy atom. The number of amides is 1. The summed E-state index contributed by atoms with van der Waals surface area (Å²) >= 11 is 0. The Bertz CT molecular complexity index is 752. The number of hydrogen-bond acceptors (Lipinski definition) is 5. The number of carbonyl (C=O) groups is 1. The van der Waals surface area contributed by atoms with Crippen molar-refractivity contribution in [3.8, 4) is 0 Å². The van der Waals surface area contributed by atoms with Crippen molar-refractivity contribution in [1.82, 2.24) is 14.9 Å². The van der Waals surface area contributed by atoms with Crippen LogP contribution in [0.15, 0.2) is 41.6 Å². The lowest BCUT2D eigenvalue weighted by molar-refractivity contribution is -0.384. The molecule has 1 amide bonds. The van der Waals surface area contributed by atoms with E-state index in [0.29, 0.717) is 17.7 Å². The lowest BCUT2D eigenvalue weighted by Crippen LogP contribution is -2.31. The lowest BCUT2D eigenvalue weighted by Gasteiger charge is -2.07. The summed E-state index contributed by atoms with van der Waals surface area (Å²) in [6, 6.07) is 5.30. The minimum absolute atomic E-state index is 0.0751. The first-order valence-electron chi connectivity index (χ1n) is 6.53. The summed E-state index contributed by atoms with van der Waals surface area (Å²) in [6.45, 7) is 2.22. The van der Waals surface area contributed by atoms with Gasteiger partial charge in [0.25, 0.3) is 17.2 Å². The molecule has 1 heterocycles. The number of aryl methyl sites for hydroxylation is 1. The van der Waals surface area contributed by atoms with Gasteiger partial charge in [-0.25, -0.2) is 4.98 Å². The Labute approximate surface area is 125 Å². The molecule has 2 aromatic rings. The van der Waals surface area contributed by atoms with Crippen molar-refractivity contribution in [1.29, 1.82) is 0 Å². The minimum Gasteiger partial charge on any atom is -0.350 e. The van der Waals surface area contributed by atoms with Gasteiger partial charge < -0.3 is 5.32 Å². The molecule has 0 aliphatic carbocycles. The van der Waals surface area contributed by atoms with Crippen molar-refractivity contribution in [3.05, 3.63) is 68.4 Å². The Morgan fingerprint density at radius 3 is 2.68 bits per heavy atom. The zero-order valence-corrected chi connectivity index (χ0v) is 11.9. The summed E-state index contributed by atoms with van der Waals surface area (Å²) in [5.74, 6) is -0.358. The second-order valence-corrected chi connectivity index (χ2v) is 4.64. The second-order valence-electron chi connectivity index (χ2n) is 4.64. The third-order valence-electron chi connectivity index (χ3n) is 3.05. The molecule has 22 heavy (non-hydrogen) atoms. The summed E-state index contributed by atoms with van der Waals surface area (Å²) in [5.41, 5.74) is 0.623. The Morgan fingerprint density at radius 2 is 2.05 bits per heavy atom. The number of non-ortho nitro benzene ring substituents is 1. The number of nitrogens with zero attached hydrogens (tertiary/aromatic N) is 3. The largest absolute Gasteiger partial charge is 0.350 e. The lowest BCUT2D eigenvalue weighted by atomic mass is 10.2. The van der Waals surface area contributed by atoms with Gasteiger partial charge in [-0.05, 0) is 19.1 Å². The first-order valence-corrected chi connectivity index (χ1v) is 6.53. The van der Waals surface area contributed by atoms with E-state index in [1.807, 2.05) is 0 Å². The van der Waals surface area contributed by atoms with Crippen molar-refractivity contribution >= 4 is 11.6 Å². The van der Waals surface area contributed by atoms with Crippen molar-refractivity contribution < 1.29 is 9.72 Å². The van der Waals surface area contributed by atoms with Gasteiger partial charge >= 0.3 is 0 Å². The molecule has 0 aliphatic rings. The quantitative estimate of drug-likeness (QED) is 0.652. The molecule has 0 radical (unpaired) electrons. The van der Waals surface area contributed by atoms with Crippen LogP contribution in [-0.4, -0.2) is 26.9 Å². The van der Waals surface area contributed by atoms with Crippen LogP contribution in [0.2, 0.25) is 0 Å². The molecule has 0 aliphatic heterocycles. The average Bonchev–Trinajstić information content (AvgIpc) is 2.51. The number of nitro benzene ring substituents is 1. The molecule has 1 aromatic carbocycles. The van der Waals surface area contributed by atoms with Crippen LogP contribution in [0.5, 0.6) is 0 Å². The van der Waals surface area contributed by atoms with E-state index in [-0.39, 0.29) is 23.7 Å². The molecular weight excluding hydrogens is 288 g/mol. The first-order chi connectivity index (χ1) is 10.5. The highest BCUT2D eigenvalue weighted by Gasteiger charge is 2.09. The predicted molar refractivity (Wildman–Crippen MR) is 78.7 cm³/mol. The monoisotopic (exact) mass is 302 g/mol. The van der Waals surface area contributed by atoms with Crippen LogP contribution in [0.1, 0.15) is 15.9 Å². The number of nitro groups is 1. The van der Waals surface area contributed by atoms with Crippen molar-refractivity contribution in [2.75, 3.05) is 6.54 Å². The molecule has 114 valence electrons. The molecule has 0 saturated carbocycles. The Hall–Kier alpha value is -3.03. The molecule has 8 heteroatoms. The van der Waals surface area contributed by atoms with Crippen LogP contribution in [0.4, 0.5) is 5.69 Å². The van der Waals surface area contributed by atoms with Crippen molar-refractivity contribution in [2.45, 2.75) is 13.5 Å². The molecule has 2 rings (SSSR count). The van der Waals surface area contributed by atoms with E-state index in [1.165, 1.54) is 41.4 Å². The van der Waals surface area contributed by atoms with Crippen molar-refractivity contribution in [2.24, 2.45) is 0 Å². The smallest absolute Gasteiger partial charge is 0.269 e. The van der Waals surface area contributed by atoms with Crippen LogP contribution in [0.25, 0.3) is 0 Å². The SMILES string of the molecule is Cc1cncn(CCNC(=O)c2ccc([N+](=O)[O-])cc2)c1=O. The van der Waals surface area contributed by atoms with Crippen LogP contribution >= 0.6 is 0 Å². The number of carbonyl (C=O) groups excluding carboxylic acids is 1. The fraction of sp³-hybridized carbons (Fsp3) is 0.214. The average molecular weight is 302 g/mol. The molecule has 0 fully saturated rings. The van der Waals surface area contributed by atoms with Crippen LogP contribution in [-0.2, 0) is 6.54 Å². The summed E-state index contributed by atoms with van der Waals surface area (Å²) < 4.78 is 1.41. The van der Waals surface area contributed by atoms with Crippen LogP contribution in [0.3, 0.4) is 0 Å². The highest BCUT2D eigenvalue weighted by atomic mass is 16.6. The van der Waals surface area contributed by atoms with E-state index in [9.17, 15) is 19.7 Å². The number of rotatable bonds is 5. The fourth-order valence-electron chi connectivity index (χ4n) is 1.85. The van der Waals surface area contributed by atoms with E-state index in [2.05, 4.69) is 10.3 Å². The van der Waals surface area contributed by atoms with Gasteiger partial charge in [0.15, 0.2) is 0 Å². The Kier molecular flexibility index (Phi) is 4.62. The summed E-state index contributed by atoms with van der Waals surface area (Å²) in [5, 5.41) is 13.2. The number of aromatic nitrogens is 2. The summed E-state index contributed by atoms with van der Waals surface area (Å²) in [7, 11) is 0.